The van der Waals surface area contributed by atoms with E-state index in [1.54, 1.807) is 23.3 Å². The minimum absolute atomic E-state index is 0.0398. The largest absolute Gasteiger partial charge is 0.416 e. The molecule has 0 bridgehead atoms. The molecule has 26 heavy (non-hydrogen) atoms. The van der Waals surface area contributed by atoms with Crippen LogP contribution in [0.5, 0.6) is 0 Å². The Hall–Kier alpha value is -1.86. The summed E-state index contributed by atoms with van der Waals surface area (Å²) in [4.78, 5) is 15.2. The lowest BCUT2D eigenvalue weighted by atomic mass is 10.0. The maximum absolute atomic E-state index is 12.6. The third kappa shape index (κ3) is 5.85. The highest BCUT2D eigenvalue weighted by Crippen LogP contribution is 2.29. The van der Waals surface area contributed by atoms with E-state index in [9.17, 15) is 18.0 Å². The van der Waals surface area contributed by atoms with Gasteiger partial charge in [0.2, 0.25) is 5.91 Å². The molecule has 1 amide bonds. The third-order valence-corrected chi connectivity index (χ3v) is 4.94. The van der Waals surface area contributed by atoms with Gasteiger partial charge in [0.15, 0.2) is 0 Å². The van der Waals surface area contributed by atoms with Gasteiger partial charge in [-0.25, -0.2) is 0 Å². The SMILES string of the molecule is CC(C)[C@H](NC(=O)CN(C)Cc1ccc(C(F)(F)F)cc1)c1cccs1. The van der Waals surface area contributed by atoms with Gasteiger partial charge in [0, 0.05) is 11.4 Å². The maximum Gasteiger partial charge on any atom is 0.416 e. The fourth-order valence-corrected chi connectivity index (χ4v) is 3.61. The molecule has 3 nitrogen and oxygen atoms in total. The normalized spacial score (nSPS) is 13.2. The molecule has 1 aromatic carbocycles. The quantitative estimate of drug-likeness (QED) is 0.750. The Balaban J connectivity index is 1.90. The van der Waals surface area contributed by atoms with E-state index in [-0.39, 0.29) is 24.4 Å². The summed E-state index contributed by atoms with van der Waals surface area (Å²) in [5.41, 5.74) is 0.0596. The molecule has 0 aliphatic rings. The van der Waals surface area contributed by atoms with E-state index in [0.29, 0.717) is 6.54 Å². The average Bonchev–Trinajstić information content (AvgIpc) is 3.05. The average molecular weight is 384 g/mol. The van der Waals surface area contributed by atoms with Crippen molar-refractivity contribution in [3.63, 3.8) is 0 Å². The molecule has 0 saturated carbocycles. The van der Waals surface area contributed by atoms with E-state index in [1.165, 1.54) is 12.1 Å². The molecule has 0 saturated heterocycles. The molecule has 1 aromatic heterocycles. The van der Waals surface area contributed by atoms with Gasteiger partial charge in [0.1, 0.15) is 0 Å². The van der Waals surface area contributed by atoms with Crippen molar-refractivity contribution in [2.75, 3.05) is 13.6 Å². The lowest BCUT2D eigenvalue weighted by Gasteiger charge is -2.23. The van der Waals surface area contributed by atoms with Crippen LogP contribution in [0, 0.1) is 5.92 Å². The van der Waals surface area contributed by atoms with Crippen LogP contribution >= 0.6 is 11.3 Å². The smallest absolute Gasteiger partial charge is 0.347 e. The molecule has 7 heteroatoms. The van der Waals surface area contributed by atoms with Crippen LogP contribution in [-0.2, 0) is 17.5 Å². The molecule has 0 aliphatic carbocycles. The van der Waals surface area contributed by atoms with Crippen molar-refractivity contribution in [1.82, 2.24) is 10.2 Å². The minimum atomic E-state index is -4.34. The Morgan fingerprint density at radius 1 is 1.19 bits per heavy atom. The first-order valence-electron chi connectivity index (χ1n) is 8.34. The lowest BCUT2D eigenvalue weighted by Crippen LogP contribution is -2.38. The number of nitrogens with zero attached hydrogens (tertiary/aromatic N) is 1. The summed E-state index contributed by atoms with van der Waals surface area (Å²) in [6, 6.07) is 8.94. The van der Waals surface area contributed by atoms with Gasteiger partial charge < -0.3 is 5.32 Å². The summed E-state index contributed by atoms with van der Waals surface area (Å²) in [5, 5.41) is 5.03. The minimum Gasteiger partial charge on any atom is -0.347 e. The first kappa shape index (κ1) is 20.5. The van der Waals surface area contributed by atoms with Crippen molar-refractivity contribution in [2.24, 2.45) is 5.92 Å². The number of halogens is 3. The van der Waals surface area contributed by atoms with Gasteiger partial charge in [0.05, 0.1) is 18.2 Å². The summed E-state index contributed by atoms with van der Waals surface area (Å²) in [6.07, 6.45) is -4.34. The second-order valence-corrected chi connectivity index (χ2v) is 7.65. The van der Waals surface area contributed by atoms with Gasteiger partial charge in [0.25, 0.3) is 0 Å². The molecule has 2 aromatic rings. The number of nitrogens with one attached hydrogen (secondary N) is 1. The predicted molar refractivity (Wildman–Crippen MR) is 97.8 cm³/mol. The molecular formula is C19H23F3N2OS. The third-order valence-electron chi connectivity index (χ3n) is 3.98. The number of hydrogen-bond donors (Lipinski definition) is 1. The molecule has 142 valence electrons. The number of carbonyl (C=O) groups is 1. The molecule has 1 N–H and O–H groups in total. The standard InChI is InChI=1S/C19H23F3N2OS/c1-13(2)18(16-5-4-10-26-16)23-17(25)12-24(3)11-14-6-8-15(9-7-14)19(20,21)22/h4-10,13,18H,11-12H2,1-3H3,(H,23,25)/t18-/m0/s1. The molecule has 2 rings (SSSR count). The number of alkyl halides is 3. The van der Waals surface area contributed by atoms with Crippen molar-refractivity contribution in [2.45, 2.75) is 32.6 Å². The van der Waals surface area contributed by atoms with Gasteiger partial charge in [-0.2, -0.15) is 13.2 Å². The van der Waals surface area contributed by atoms with Crippen LogP contribution in [0.1, 0.15) is 35.9 Å². The number of carbonyl (C=O) groups excluding carboxylic acids is 1. The van der Waals surface area contributed by atoms with E-state index in [4.69, 9.17) is 0 Å². The van der Waals surface area contributed by atoms with E-state index in [1.807, 2.05) is 17.5 Å². The maximum atomic E-state index is 12.6. The zero-order chi connectivity index (χ0) is 19.3. The summed E-state index contributed by atoms with van der Waals surface area (Å²) in [6.45, 7) is 4.68. The van der Waals surface area contributed by atoms with Gasteiger partial charge in [-0.05, 0) is 42.1 Å². The zero-order valence-electron chi connectivity index (χ0n) is 15.0. The van der Waals surface area contributed by atoms with Crippen molar-refractivity contribution in [3.8, 4) is 0 Å². The second-order valence-electron chi connectivity index (χ2n) is 6.67. The Labute approximate surface area is 155 Å². The van der Waals surface area contributed by atoms with Crippen LogP contribution in [0.15, 0.2) is 41.8 Å². The van der Waals surface area contributed by atoms with Crippen LogP contribution in [0.25, 0.3) is 0 Å². The monoisotopic (exact) mass is 384 g/mol. The number of hydrogen-bond acceptors (Lipinski definition) is 3. The summed E-state index contributed by atoms with van der Waals surface area (Å²) in [5.74, 6) is 0.157. The van der Waals surface area contributed by atoms with Crippen molar-refractivity contribution < 1.29 is 18.0 Å². The van der Waals surface area contributed by atoms with Gasteiger partial charge >= 0.3 is 6.18 Å². The van der Waals surface area contributed by atoms with Crippen LogP contribution in [0.4, 0.5) is 13.2 Å². The second kappa shape index (κ2) is 8.68. The fraction of sp³-hybridized carbons (Fsp3) is 0.421. The Bertz CT molecular complexity index is 697. The summed E-state index contributed by atoms with van der Waals surface area (Å²) in [7, 11) is 1.77. The number of rotatable bonds is 7. The van der Waals surface area contributed by atoms with Crippen LogP contribution in [-0.4, -0.2) is 24.4 Å². The topological polar surface area (TPSA) is 32.3 Å². The lowest BCUT2D eigenvalue weighted by molar-refractivity contribution is -0.137. The van der Waals surface area contributed by atoms with Crippen LogP contribution in [0.2, 0.25) is 0 Å². The van der Waals surface area contributed by atoms with E-state index >= 15 is 0 Å². The highest BCUT2D eigenvalue weighted by Gasteiger charge is 2.30. The first-order valence-corrected chi connectivity index (χ1v) is 9.22. The first-order chi connectivity index (χ1) is 12.2. The van der Waals surface area contributed by atoms with E-state index in [0.717, 1.165) is 22.6 Å². The molecular weight excluding hydrogens is 361 g/mol. The molecule has 1 atom stereocenters. The highest BCUT2D eigenvalue weighted by atomic mass is 32.1. The summed E-state index contributed by atoms with van der Waals surface area (Å²) >= 11 is 1.61. The Morgan fingerprint density at radius 3 is 2.35 bits per heavy atom. The number of thiophene rings is 1. The van der Waals surface area contributed by atoms with Gasteiger partial charge in [-0.1, -0.05) is 32.0 Å². The fourth-order valence-electron chi connectivity index (χ4n) is 2.67. The van der Waals surface area contributed by atoms with Gasteiger partial charge in [-0.3, -0.25) is 9.69 Å². The van der Waals surface area contributed by atoms with E-state index < -0.39 is 11.7 Å². The Morgan fingerprint density at radius 2 is 1.85 bits per heavy atom. The highest BCUT2D eigenvalue weighted by molar-refractivity contribution is 7.10. The molecule has 0 aliphatic heterocycles. The molecule has 0 spiro atoms. The molecule has 1 heterocycles. The van der Waals surface area contributed by atoms with Crippen molar-refractivity contribution >= 4 is 17.2 Å². The van der Waals surface area contributed by atoms with Crippen LogP contribution in [0.3, 0.4) is 0 Å². The van der Waals surface area contributed by atoms with E-state index in [2.05, 4.69) is 19.2 Å². The Kier molecular flexibility index (Phi) is 6.83. The van der Waals surface area contributed by atoms with Crippen molar-refractivity contribution in [3.05, 3.63) is 57.8 Å². The summed E-state index contributed by atoms with van der Waals surface area (Å²) < 4.78 is 37.8. The number of likely N-dealkylation sites (N-methyl/N-ethyl adjacent to an activating group) is 1. The molecule has 0 fully saturated rings. The van der Waals surface area contributed by atoms with Gasteiger partial charge in [-0.15, -0.1) is 11.3 Å². The van der Waals surface area contributed by atoms with Crippen molar-refractivity contribution in [1.29, 1.82) is 0 Å². The predicted octanol–water partition coefficient (Wildman–Crippen LogP) is 4.71. The van der Waals surface area contributed by atoms with Crippen LogP contribution < -0.4 is 5.32 Å². The number of amides is 1. The molecule has 0 radical (unpaired) electrons. The molecule has 0 unspecified atom stereocenters. The number of benzene rings is 1. The zero-order valence-corrected chi connectivity index (χ0v) is 15.8.